The van der Waals surface area contributed by atoms with Gasteiger partial charge in [0.25, 0.3) is 0 Å². The standard InChI is InChI=1S/C16H21FN2O3S/c1-12-3-4-13(17)9-14(12)23(21,22)19-7-5-16(6-8-19)10-15(20)18(2)11-16/h3-4,9H,5-8,10-11H2,1-2H3. The molecule has 0 N–H and O–H groups in total. The zero-order valence-corrected chi connectivity index (χ0v) is 14.2. The van der Waals surface area contributed by atoms with Gasteiger partial charge >= 0.3 is 0 Å². The molecule has 23 heavy (non-hydrogen) atoms. The van der Waals surface area contributed by atoms with Crippen molar-refractivity contribution in [3.05, 3.63) is 29.6 Å². The third kappa shape index (κ3) is 2.87. The minimum atomic E-state index is -3.69. The molecule has 1 aromatic rings. The van der Waals surface area contributed by atoms with E-state index in [0.717, 1.165) is 6.07 Å². The monoisotopic (exact) mass is 340 g/mol. The van der Waals surface area contributed by atoms with Crippen molar-refractivity contribution in [1.29, 1.82) is 0 Å². The largest absolute Gasteiger partial charge is 0.345 e. The second-order valence-corrected chi connectivity index (χ2v) is 8.65. The molecule has 1 amide bonds. The first kappa shape index (κ1) is 16.4. The summed E-state index contributed by atoms with van der Waals surface area (Å²) < 4.78 is 40.4. The Morgan fingerprint density at radius 3 is 2.43 bits per heavy atom. The maximum atomic E-state index is 13.4. The molecule has 2 aliphatic rings. The maximum absolute atomic E-state index is 13.4. The molecule has 5 nitrogen and oxygen atoms in total. The van der Waals surface area contributed by atoms with Crippen LogP contribution in [-0.2, 0) is 14.8 Å². The second-order valence-electron chi connectivity index (χ2n) is 6.74. The van der Waals surface area contributed by atoms with Gasteiger partial charge in [-0.2, -0.15) is 4.31 Å². The normalized spacial score (nSPS) is 22.0. The highest BCUT2D eigenvalue weighted by molar-refractivity contribution is 7.89. The van der Waals surface area contributed by atoms with Crippen molar-refractivity contribution in [2.75, 3.05) is 26.7 Å². The summed E-state index contributed by atoms with van der Waals surface area (Å²) in [5.41, 5.74) is 0.442. The molecule has 2 aliphatic heterocycles. The van der Waals surface area contributed by atoms with Crippen molar-refractivity contribution in [2.24, 2.45) is 5.41 Å². The Kier molecular flexibility index (Phi) is 3.96. The summed E-state index contributed by atoms with van der Waals surface area (Å²) in [4.78, 5) is 13.5. The molecule has 2 saturated heterocycles. The zero-order valence-electron chi connectivity index (χ0n) is 13.4. The first-order valence-corrected chi connectivity index (χ1v) is 9.18. The van der Waals surface area contributed by atoms with E-state index in [-0.39, 0.29) is 16.2 Å². The van der Waals surface area contributed by atoms with Crippen LogP contribution in [0.25, 0.3) is 0 Å². The van der Waals surface area contributed by atoms with Gasteiger partial charge in [-0.3, -0.25) is 4.79 Å². The lowest BCUT2D eigenvalue weighted by Crippen LogP contribution is -2.44. The molecule has 0 aromatic heterocycles. The van der Waals surface area contributed by atoms with Gasteiger partial charge in [0.2, 0.25) is 15.9 Å². The lowest BCUT2D eigenvalue weighted by Gasteiger charge is -2.38. The van der Waals surface area contributed by atoms with Crippen LogP contribution in [0.15, 0.2) is 23.1 Å². The topological polar surface area (TPSA) is 57.7 Å². The van der Waals surface area contributed by atoms with Crippen molar-refractivity contribution >= 4 is 15.9 Å². The van der Waals surface area contributed by atoms with Gasteiger partial charge in [0.05, 0.1) is 4.90 Å². The molecule has 0 aliphatic carbocycles. The molecule has 2 fully saturated rings. The summed E-state index contributed by atoms with van der Waals surface area (Å²) in [5, 5.41) is 0. The average molecular weight is 340 g/mol. The van der Waals surface area contributed by atoms with Crippen LogP contribution in [0, 0.1) is 18.2 Å². The van der Waals surface area contributed by atoms with Crippen molar-refractivity contribution in [3.8, 4) is 0 Å². The van der Waals surface area contributed by atoms with Crippen LogP contribution >= 0.6 is 0 Å². The SMILES string of the molecule is Cc1ccc(F)cc1S(=O)(=O)N1CCC2(CC1)CC(=O)N(C)C2. The average Bonchev–Trinajstić information content (AvgIpc) is 2.76. The van der Waals surface area contributed by atoms with Crippen molar-refractivity contribution in [1.82, 2.24) is 9.21 Å². The smallest absolute Gasteiger partial charge is 0.243 e. The maximum Gasteiger partial charge on any atom is 0.243 e. The van der Waals surface area contributed by atoms with Gasteiger partial charge in [0, 0.05) is 33.1 Å². The molecule has 126 valence electrons. The lowest BCUT2D eigenvalue weighted by molar-refractivity contribution is -0.126. The number of rotatable bonds is 2. The van der Waals surface area contributed by atoms with Gasteiger partial charge in [-0.15, -0.1) is 0 Å². The molecule has 0 bridgehead atoms. The van der Waals surface area contributed by atoms with E-state index >= 15 is 0 Å². The summed E-state index contributed by atoms with van der Waals surface area (Å²) in [6, 6.07) is 3.83. The summed E-state index contributed by atoms with van der Waals surface area (Å²) in [6.45, 7) is 3.11. The van der Waals surface area contributed by atoms with Crippen LogP contribution < -0.4 is 0 Å². The Labute approximate surface area is 136 Å². The number of likely N-dealkylation sites (tertiary alicyclic amines) is 1. The summed E-state index contributed by atoms with van der Waals surface area (Å²) >= 11 is 0. The number of carbonyl (C=O) groups is 1. The molecule has 2 heterocycles. The van der Waals surface area contributed by atoms with E-state index in [1.165, 1.54) is 16.4 Å². The molecule has 0 atom stereocenters. The van der Waals surface area contributed by atoms with Gasteiger partial charge in [-0.1, -0.05) is 6.07 Å². The molecular weight excluding hydrogens is 319 g/mol. The number of nitrogens with zero attached hydrogens (tertiary/aromatic N) is 2. The van der Waals surface area contributed by atoms with Crippen LogP contribution in [0.5, 0.6) is 0 Å². The van der Waals surface area contributed by atoms with Gasteiger partial charge in [0.1, 0.15) is 5.82 Å². The van der Waals surface area contributed by atoms with Crippen molar-refractivity contribution in [3.63, 3.8) is 0 Å². The number of sulfonamides is 1. The highest BCUT2D eigenvalue weighted by atomic mass is 32.2. The molecule has 7 heteroatoms. The van der Waals surface area contributed by atoms with E-state index < -0.39 is 15.8 Å². The van der Waals surface area contributed by atoms with Crippen LogP contribution in [-0.4, -0.2) is 50.2 Å². The Bertz CT molecular complexity index is 740. The number of benzene rings is 1. The Balaban J connectivity index is 1.79. The Morgan fingerprint density at radius 1 is 1.22 bits per heavy atom. The third-order valence-electron chi connectivity index (χ3n) is 5.08. The van der Waals surface area contributed by atoms with Gasteiger partial charge in [-0.05, 0) is 42.9 Å². The molecule has 0 unspecified atom stereocenters. The first-order valence-electron chi connectivity index (χ1n) is 7.74. The number of amides is 1. The Hall–Kier alpha value is -1.47. The quantitative estimate of drug-likeness (QED) is 0.824. The van der Waals surface area contributed by atoms with E-state index in [4.69, 9.17) is 0 Å². The second kappa shape index (κ2) is 5.56. The number of aryl methyl sites for hydroxylation is 1. The van der Waals surface area contributed by atoms with E-state index in [9.17, 15) is 17.6 Å². The minimum Gasteiger partial charge on any atom is -0.345 e. The molecule has 1 spiro atoms. The zero-order chi connectivity index (χ0) is 16.8. The van der Waals surface area contributed by atoms with Gasteiger partial charge in [0.15, 0.2) is 0 Å². The van der Waals surface area contributed by atoms with Gasteiger partial charge in [-0.25, -0.2) is 12.8 Å². The van der Waals surface area contributed by atoms with E-state index in [1.807, 2.05) is 0 Å². The summed E-state index contributed by atoms with van der Waals surface area (Å²) in [7, 11) is -1.91. The fourth-order valence-electron chi connectivity index (χ4n) is 3.63. The third-order valence-corrected chi connectivity index (χ3v) is 7.12. The molecule has 1 aromatic carbocycles. The lowest BCUT2D eigenvalue weighted by atomic mass is 9.78. The van der Waals surface area contributed by atoms with Crippen LogP contribution in [0.3, 0.4) is 0 Å². The fourth-order valence-corrected chi connectivity index (χ4v) is 5.31. The van der Waals surface area contributed by atoms with E-state index in [0.29, 0.717) is 44.5 Å². The highest BCUT2D eigenvalue weighted by Crippen LogP contribution is 2.41. The number of hydrogen-bond donors (Lipinski definition) is 0. The molecule has 3 rings (SSSR count). The summed E-state index contributed by atoms with van der Waals surface area (Å²) in [6.07, 6.45) is 1.82. The predicted octanol–water partition coefficient (Wildman–Crippen LogP) is 1.77. The first-order chi connectivity index (χ1) is 10.7. The number of carbonyl (C=O) groups excluding carboxylic acids is 1. The van der Waals surface area contributed by atoms with Crippen LogP contribution in [0.4, 0.5) is 4.39 Å². The molecular formula is C16H21FN2O3S. The fraction of sp³-hybridized carbons (Fsp3) is 0.562. The molecule has 0 radical (unpaired) electrons. The number of halogens is 1. The molecule has 0 saturated carbocycles. The van der Waals surface area contributed by atoms with Crippen molar-refractivity contribution in [2.45, 2.75) is 31.1 Å². The highest BCUT2D eigenvalue weighted by Gasteiger charge is 2.45. The van der Waals surface area contributed by atoms with E-state index in [1.54, 1.807) is 18.9 Å². The van der Waals surface area contributed by atoms with Crippen LogP contribution in [0.2, 0.25) is 0 Å². The Morgan fingerprint density at radius 2 is 1.87 bits per heavy atom. The number of hydrogen-bond acceptors (Lipinski definition) is 3. The predicted molar refractivity (Wildman–Crippen MR) is 83.8 cm³/mol. The van der Waals surface area contributed by atoms with E-state index in [2.05, 4.69) is 0 Å². The van der Waals surface area contributed by atoms with Gasteiger partial charge < -0.3 is 4.90 Å². The number of piperidine rings is 1. The summed E-state index contributed by atoms with van der Waals surface area (Å²) in [5.74, 6) is -0.423. The minimum absolute atomic E-state index is 0.0352. The van der Waals surface area contributed by atoms with Crippen molar-refractivity contribution < 1.29 is 17.6 Å². The van der Waals surface area contributed by atoms with Crippen LogP contribution in [0.1, 0.15) is 24.8 Å².